The molecule has 0 saturated carbocycles. The average molecular weight is 531 g/mol. The highest BCUT2D eigenvalue weighted by Crippen LogP contribution is 2.39. The van der Waals surface area contributed by atoms with E-state index in [0.717, 1.165) is 5.56 Å². The number of hydroxylamine groups is 2. The molecule has 206 valence electrons. The molecule has 5 N–H and O–H groups in total. The molecule has 3 aromatic carbocycles. The van der Waals surface area contributed by atoms with E-state index in [4.69, 9.17) is 21.0 Å². The summed E-state index contributed by atoms with van der Waals surface area (Å²) in [4.78, 5) is 32.3. The summed E-state index contributed by atoms with van der Waals surface area (Å²) in [5, 5.41) is 5.13. The summed E-state index contributed by atoms with van der Waals surface area (Å²) >= 11 is 0. The summed E-state index contributed by atoms with van der Waals surface area (Å²) in [6, 6.07) is 23.3. The van der Waals surface area contributed by atoms with Gasteiger partial charge in [0.1, 0.15) is 6.61 Å². The van der Waals surface area contributed by atoms with Gasteiger partial charge in [0, 0.05) is 34.1 Å². The molecule has 1 fully saturated rings. The quantitative estimate of drug-likeness (QED) is 0.273. The van der Waals surface area contributed by atoms with Crippen LogP contribution in [0.25, 0.3) is 0 Å². The van der Waals surface area contributed by atoms with Crippen LogP contribution in [0.1, 0.15) is 72.9 Å². The Morgan fingerprint density at radius 1 is 0.872 bits per heavy atom. The Labute approximate surface area is 230 Å². The lowest BCUT2D eigenvalue weighted by Crippen LogP contribution is -2.64. The number of carbonyl (C=O) groups excluding carboxylic acids is 2. The van der Waals surface area contributed by atoms with Crippen molar-refractivity contribution in [1.29, 1.82) is 0 Å². The van der Waals surface area contributed by atoms with Crippen molar-refractivity contribution < 1.29 is 19.2 Å². The van der Waals surface area contributed by atoms with Crippen molar-refractivity contribution >= 4 is 23.3 Å². The van der Waals surface area contributed by atoms with Crippen molar-refractivity contribution in [3.63, 3.8) is 0 Å². The van der Waals surface area contributed by atoms with Crippen LogP contribution in [0.4, 0.5) is 11.4 Å². The lowest BCUT2D eigenvalue weighted by Gasteiger charge is -2.54. The topological polar surface area (TPSA) is 120 Å². The number of hydrogen-bond donors (Lipinski definition) is 3. The Bertz CT molecular complexity index is 1260. The summed E-state index contributed by atoms with van der Waals surface area (Å²) in [7, 11) is 0. The number of amides is 1. The van der Waals surface area contributed by atoms with Gasteiger partial charge in [0.15, 0.2) is 6.10 Å². The van der Waals surface area contributed by atoms with E-state index in [1.165, 1.54) is 0 Å². The minimum atomic E-state index is -0.600. The third-order valence-corrected chi connectivity index (χ3v) is 6.95. The van der Waals surface area contributed by atoms with Gasteiger partial charge in [0.2, 0.25) is 0 Å². The van der Waals surface area contributed by atoms with Crippen molar-refractivity contribution in [2.45, 2.75) is 63.8 Å². The molecular weight excluding hydrogens is 492 g/mol. The lowest BCUT2D eigenvalue weighted by molar-refractivity contribution is -0.292. The van der Waals surface area contributed by atoms with E-state index in [1.54, 1.807) is 42.5 Å². The number of benzene rings is 3. The van der Waals surface area contributed by atoms with Crippen LogP contribution in [0, 0.1) is 0 Å². The number of nitrogens with two attached hydrogens (primary N) is 2. The second-order valence-corrected chi connectivity index (χ2v) is 11.4. The monoisotopic (exact) mass is 530 g/mol. The molecule has 8 heteroatoms. The molecule has 39 heavy (non-hydrogen) atoms. The van der Waals surface area contributed by atoms with Gasteiger partial charge in [-0.3, -0.25) is 9.63 Å². The van der Waals surface area contributed by atoms with Crippen LogP contribution in [0.5, 0.6) is 0 Å². The van der Waals surface area contributed by atoms with Gasteiger partial charge in [0.25, 0.3) is 5.91 Å². The fourth-order valence-electron chi connectivity index (χ4n) is 5.57. The highest BCUT2D eigenvalue weighted by Gasteiger charge is 2.47. The van der Waals surface area contributed by atoms with Gasteiger partial charge in [-0.2, -0.15) is 5.06 Å². The third-order valence-electron chi connectivity index (χ3n) is 6.95. The molecule has 1 aliphatic rings. The minimum absolute atomic E-state index is 0.0918. The largest absolute Gasteiger partial charge is 0.451 e. The molecular formula is C31H38N4O4. The maximum Gasteiger partial charge on any atom is 0.338 e. The van der Waals surface area contributed by atoms with Crippen molar-refractivity contribution in [2.24, 2.45) is 0 Å². The van der Waals surface area contributed by atoms with Crippen LogP contribution in [0.3, 0.4) is 0 Å². The zero-order valence-corrected chi connectivity index (χ0v) is 23.0. The van der Waals surface area contributed by atoms with Crippen molar-refractivity contribution in [3.05, 3.63) is 95.6 Å². The molecule has 1 heterocycles. The van der Waals surface area contributed by atoms with Gasteiger partial charge in [-0.1, -0.05) is 48.5 Å². The van der Waals surface area contributed by atoms with E-state index in [1.807, 2.05) is 41.5 Å². The predicted molar refractivity (Wildman–Crippen MR) is 153 cm³/mol. The molecule has 0 spiro atoms. The first-order valence-corrected chi connectivity index (χ1v) is 13.2. The number of piperidine rings is 1. The van der Waals surface area contributed by atoms with E-state index in [2.05, 4.69) is 33.0 Å². The highest BCUT2D eigenvalue weighted by atomic mass is 16.7. The van der Waals surface area contributed by atoms with Gasteiger partial charge < -0.3 is 21.5 Å². The van der Waals surface area contributed by atoms with Crippen LogP contribution >= 0.6 is 0 Å². The zero-order valence-electron chi connectivity index (χ0n) is 23.0. The average Bonchev–Trinajstić information content (AvgIpc) is 2.87. The van der Waals surface area contributed by atoms with Gasteiger partial charge in [0.05, 0.1) is 5.56 Å². The number of rotatable bonds is 8. The molecule has 1 atom stereocenters. The van der Waals surface area contributed by atoms with Crippen molar-refractivity contribution in [1.82, 2.24) is 10.4 Å². The first-order valence-electron chi connectivity index (χ1n) is 13.2. The second kappa shape index (κ2) is 11.5. The van der Waals surface area contributed by atoms with Crippen LogP contribution in [0.15, 0.2) is 78.9 Å². The van der Waals surface area contributed by atoms with Gasteiger partial charge >= 0.3 is 5.97 Å². The molecule has 3 aromatic rings. The Morgan fingerprint density at radius 3 is 1.97 bits per heavy atom. The Morgan fingerprint density at radius 2 is 1.41 bits per heavy atom. The Balaban J connectivity index is 1.47. The van der Waals surface area contributed by atoms with E-state index < -0.39 is 23.2 Å². The molecule has 0 aromatic heterocycles. The molecule has 1 aliphatic heterocycles. The summed E-state index contributed by atoms with van der Waals surface area (Å²) in [6.45, 7) is 8.48. The fourth-order valence-corrected chi connectivity index (χ4v) is 5.57. The summed E-state index contributed by atoms with van der Waals surface area (Å²) < 4.78 is 5.92. The number of carbonyl (C=O) groups is 2. The van der Waals surface area contributed by atoms with Crippen LogP contribution in [-0.2, 0) is 9.57 Å². The van der Waals surface area contributed by atoms with E-state index in [9.17, 15) is 9.59 Å². The van der Waals surface area contributed by atoms with Crippen molar-refractivity contribution in [2.75, 3.05) is 18.1 Å². The number of nitrogens with zero attached hydrogens (tertiary/aromatic N) is 1. The minimum Gasteiger partial charge on any atom is -0.451 e. The van der Waals surface area contributed by atoms with E-state index in [-0.39, 0.29) is 18.6 Å². The molecule has 8 nitrogen and oxygen atoms in total. The number of nitrogens with one attached hydrogen (secondary N) is 1. The Hall–Kier alpha value is -3.88. The molecule has 1 amide bonds. The number of ether oxygens (including phenoxy) is 1. The standard InChI is InChI=1S/C31H38N4O4/c1-30(2)18-26(34-28(36)23-15-24(32)17-25(33)16-23)19-31(3,4)35(30)38-20-27(21-11-7-5-8-12-21)39-29(37)22-13-9-6-10-14-22/h5-17,26-27H,18-20,32-33H2,1-4H3,(H,34,36). The smallest absolute Gasteiger partial charge is 0.338 e. The number of esters is 1. The first-order chi connectivity index (χ1) is 18.4. The SMILES string of the molecule is CC1(C)CC(NC(=O)c2cc(N)cc(N)c2)CC(C)(C)N1OCC(OC(=O)c1ccccc1)c1ccccc1. The highest BCUT2D eigenvalue weighted by molar-refractivity contribution is 5.96. The van der Waals surface area contributed by atoms with Crippen LogP contribution < -0.4 is 16.8 Å². The summed E-state index contributed by atoms with van der Waals surface area (Å²) in [6.07, 6.45) is 0.705. The maximum absolute atomic E-state index is 13.0. The molecule has 0 radical (unpaired) electrons. The van der Waals surface area contributed by atoms with Gasteiger partial charge in [-0.05, 0) is 76.4 Å². The Kier molecular flexibility index (Phi) is 8.28. The lowest BCUT2D eigenvalue weighted by atomic mass is 9.79. The summed E-state index contributed by atoms with van der Waals surface area (Å²) in [5.74, 6) is -0.618. The van der Waals surface area contributed by atoms with Gasteiger partial charge in [-0.15, -0.1) is 0 Å². The predicted octanol–water partition coefficient (Wildman–Crippen LogP) is 5.13. The molecule has 1 saturated heterocycles. The summed E-state index contributed by atoms with van der Waals surface area (Å²) in [5.41, 5.74) is 13.6. The van der Waals surface area contributed by atoms with Gasteiger partial charge in [-0.25, -0.2) is 4.79 Å². The van der Waals surface area contributed by atoms with E-state index >= 15 is 0 Å². The molecule has 1 unspecified atom stereocenters. The second-order valence-electron chi connectivity index (χ2n) is 11.4. The van der Waals surface area contributed by atoms with Crippen LogP contribution in [0.2, 0.25) is 0 Å². The number of hydrogen-bond acceptors (Lipinski definition) is 7. The molecule has 4 rings (SSSR count). The fraction of sp³-hybridized carbons (Fsp3) is 0.355. The zero-order chi connectivity index (χ0) is 28.2. The number of anilines is 2. The van der Waals surface area contributed by atoms with Crippen molar-refractivity contribution in [3.8, 4) is 0 Å². The molecule has 0 bridgehead atoms. The van der Waals surface area contributed by atoms with E-state index in [0.29, 0.717) is 35.3 Å². The third kappa shape index (κ3) is 6.96. The number of nitrogen functional groups attached to an aromatic ring is 2. The van der Waals surface area contributed by atoms with Crippen LogP contribution in [-0.4, -0.2) is 40.7 Å². The first kappa shape index (κ1) is 28.1. The molecule has 0 aliphatic carbocycles. The maximum atomic E-state index is 13.0. The normalized spacial score (nSPS) is 17.7.